The third-order valence-electron chi connectivity index (χ3n) is 4.59. The maximum Gasteiger partial charge on any atom is 0.387 e. The van der Waals surface area contributed by atoms with Gasteiger partial charge in [-0.2, -0.15) is 0 Å². The van der Waals surface area contributed by atoms with E-state index in [1.807, 2.05) is 0 Å². The Morgan fingerprint density at radius 3 is 1.50 bits per heavy atom. The van der Waals surface area contributed by atoms with Crippen molar-refractivity contribution in [1.82, 2.24) is 0 Å². The first-order valence-electron chi connectivity index (χ1n) is 8.30. The molecule has 0 atom stereocenters. The lowest BCUT2D eigenvalue weighted by Crippen LogP contribution is -2.13. The third kappa shape index (κ3) is 2.66. The van der Waals surface area contributed by atoms with Crippen molar-refractivity contribution in [3.05, 3.63) is 47.5 Å². The second-order valence-corrected chi connectivity index (χ2v) is 6.35. The van der Waals surface area contributed by atoms with E-state index in [4.69, 9.17) is 0 Å². The van der Waals surface area contributed by atoms with Gasteiger partial charge in [0.1, 0.15) is 0 Å². The molecule has 30 heavy (non-hydrogen) atoms. The Hall–Kier alpha value is -4.60. The monoisotopic (exact) mass is 412 g/mol. The zero-order valence-corrected chi connectivity index (χ0v) is 14.8. The van der Waals surface area contributed by atoms with Crippen LogP contribution in [0.3, 0.4) is 0 Å². The summed E-state index contributed by atoms with van der Waals surface area (Å²) in [5.41, 5.74) is -0.410. The van der Waals surface area contributed by atoms with Crippen LogP contribution in [0.15, 0.2) is 36.4 Å². The largest absolute Gasteiger partial charge is 0.504 e. The number of fused-ring (bicyclic) bond motifs is 2. The Kier molecular flexibility index (Phi) is 4.05. The van der Waals surface area contributed by atoms with E-state index in [0.29, 0.717) is 11.1 Å². The summed E-state index contributed by atoms with van der Waals surface area (Å²) in [7, 11) is 0. The quantitative estimate of drug-likeness (QED) is 0.163. The van der Waals surface area contributed by atoms with Crippen molar-refractivity contribution < 1.29 is 50.0 Å². The van der Waals surface area contributed by atoms with Gasteiger partial charge in [0.15, 0.2) is 28.7 Å². The smallest absolute Gasteiger partial charge is 0.387 e. The SMILES string of the molecule is O=C(OOC(=O)c1c2c(O)c(O)c(O)c1-c1ccc-2cc1)c1cc(O)c(O)c(O)c1. The molecular formula is C20H12O10. The zero-order chi connectivity index (χ0) is 21.7. The van der Waals surface area contributed by atoms with E-state index in [0.717, 1.165) is 12.1 Å². The molecule has 3 aromatic carbocycles. The lowest BCUT2D eigenvalue weighted by molar-refractivity contribution is -0.187. The van der Waals surface area contributed by atoms with Crippen LogP contribution in [-0.2, 0) is 9.78 Å². The summed E-state index contributed by atoms with van der Waals surface area (Å²) in [4.78, 5) is 33.7. The van der Waals surface area contributed by atoms with E-state index in [9.17, 15) is 40.2 Å². The molecule has 0 aromatic heterocycles. The van der Waals surface area contributed by atoms with E-state index in [-0.39, 0.29) is 16.7 Å². The van der Waals surface area contributed by atoms with Gasteiger partial charge in [-0.25, -0.2) is 19.4 Å². The van der Waals surface area contributed by atoms with E-state index in [2.05, 4.69) is 9.78 Å². The molecule has 3 aromatic rings. The van der Waals surface area contributed by atoms with Gasteiger partial charge in [-0.05, 0) is 23.3 Å². The Morgan fingerprint density at radius 1 is 0.600 bits per heavy atom. The molecule has 4 bridgehead atoms. The van der Waals surface area contributed by atoms with Gasteiger partial charge in [-0.15, -0.1) is 0 Å². The molecule has 0 aliphatic heterocycles. The average Bonchev–Trinajstić information content (AvgIpc) is 2.96. The summed E-state index contributed by atoms with van der Waals surface area (Å²) in [5, 5.41) is 58.7. The Bertz CT molecular complexity index is 1150. The second-order valence-electron chi connectivity index (χ2n) is 6.35. The van der Waals surface area contributed by atoms with Gasteiger partial charge in [-0.3, -0.25) is 0 Å². The number of benzene rings is 3. The number of carbonyl (C=O) groups excluding carboxylic acids is 2. The van der Waals surface area contributed by atoms with Gasteiger partial charge < -0.3 is 30.6 Å². The summed E-state index contributed by atoms with van der Waals surface area (Å²) >= 11 is 0. The van der Waals surface area contributed by atoms with E-state index < -0.39 is 52.0 Å². The fourth-order valence-electron chi connectivity index (χ4n) is 3.17. The predicted molar refractivity (Wildman–Crippen MR) is 98.1 cm³/mol. The molecule has 0 unspecified atom stereocenters. The molecule has 2 aliphatic rings. The predicted octanol–water partition coefficient (Wildman–Crippen LogP) is 2.50. The Labute approximate surface area is 167 Å². The van der Waals surface area contributed by atoms with Gasteiger partial charge in [0.25, 0.3) is 0 Å². The highest BCUT2D eigenvalue weighted by molar-refractivity contribution is 6.10. The number of carbonyl (C=O) groups is 2. The summed E-state index contributed by atoms with van der Waals surface area (Å²) < 4.78 is 0. The van der Waals surface area contributed by atoms with Crippen LogP contribution in [0, 0.1) is 0 Å². The summed E-state index contributed by atoms with van der Waals surface area (Å²) in [5.74, 6) is -7.39. The van der Waals surface area contributed by atoms with Crippen LogP contribution >= 0.6 is 0 Å². The first kappa shape index (κ1) is 18.7. The first-order valence-corrected chi connectivity index (χ1v) is 8.30. The van der Waals surface area contributed by atoms with Gasteiger partial charge in [-0.1, -0.05) is 24.3 Å². The van der Waals surface area contributed by atoms with Crippen LogP contribution < -0.4 is 0 Å². The van der Waals surface area contributed by atoms with Crippen molar-refractivity contribution in [2.45, 2.75) is 0 Å². The molecule has 5 rings (SSSR count). The number of phenols is 6. The second kappa shape index (κ2) is 6.48. The zero-order valence-electron chi connectivity index (χ0n) is 14.8. The van der Waals surface area contributed by atoms with Crippen LogP contribution in [0.5, 0.6) is 34.5 Å². The highest BCUT2D eigenvalue weighted by atomic mass is 17.2. The fraction of sp³-hybridized carbons (Fsp3) is 0. The molecule has 10 heteroatoms. The van der Waals surface area contributed by atoms with Crippen molar-refractivity contribution in [3.63, 3.8) is 0 Å². The van der Waals surface area contributed by atoms with E-state index in [1.165, 1.54) is 0 Å². The molecule has 0 spiro atoms. The third-order valence-corrected chi connectivity index (χ3v) is 4.59. The molecular weight excluding hydrogens is 400 g/mol. The molecule has 0 heterocycles. The number of hydrogen-bond acceptors (Lipinski definition) is 10. The van der Waals surface area contributed by atoms with Crippen LogP contribution in [0.1, 0.15) is 20.7 Å². The minimum absolute atomic E-state index is 0.138. The highest BCUT2D eigenvalue weighted by Crippen LogP contribution is 2.53. The minimum Gasteiger partial charge on any atom is -0.504 e. The topological polar surface area (TPSA) is 174 Å². The molecule has 0 saturated carbocycles. The first-order chi connectivity index (χ1) is 14.2. The molecule has 0 amide bonds. The van der Waals surface area contributed by atoms with Crippen LogP contribution in [-0.4, -0.2) is 42.6 Å². The molecule has 2 aliphatic carbocycles. The van der Waals surface area contributed by atoms with Crippen molar-refractivity contribution in [3.8, 4) is 56.8 Å². The Morgan fingerprint density at radius 2 is 1.03 bits per heavy atom. The number of hydrogen-bond donors (Lipinski definition) is 6. The van der Waals surface area contributed by atoms with Crippen molar-refractivity contribution in [2.24, 2.45) is 0 Å². The summed E-state index contributed by atoms with van der Waals surface area (Å²) in [6, 6.07) is 7.71. The lowest BCUT2D eigenvalue weighted by Gasteiger charge is -2.15. The van der Waals surface area contributed by atoms with Crippen molar-refractivity contribution in [1.29, 1.82) is 0 Å². The number of rotatable bonds is 2. The van der Waals surface area contributed by atoms with Gasteiger partial charge in [0, 0.05) is 11.1 Å². The molecule has 0 fully saturated rings. The fourth-order valence-corrected chi connectivity index (χ4v) is 3.17. The molecule has 10 nitrogen and oxygen atoms in total. The number of aromatic hydroxyl groups is 6. The normalized spacial score (nSPS) is 11.1. The van der Waals surface area contributed by atoms with E-state index in [1.54, 1.807) is 24.3 Å². The average molecular weight is 412 g/mol. The van der Waals surface area contributed by atoms with Gasteiger partial charge >= 0.3 is 11.9 Å². The van der Waals surface area contributed by atoms with Crippen LogP contribution in [0.4, 0.5) is 0 Å². The van der Waals surface area contributed by atoms with Gasteiger partial charge in [0.2, 0.25) is 5.75 Å². The van der Waals surface area contributed by atoms with Gasteiger partial charge in [0.05, 0.1) is 11.1 Å². The maximum absolute atomic E-state index is 12.7. The minimum atomic E-state index is -1.29. The van der Waals surface area contributed by atoms with Crippen LogP contribution in [0.25, 0.3) is 22.3 Å². The molecule has 0 radical (unpaired) electrons. The van der Waals surface area contributed by atoms with Crippen LogP contribution in [0.2, 0.25) is 0 Å². The molecule has 152 valence electrons. The standard InChI is InChI=1S/C20H12O10/c21-10-5-9(6-11(22)15(10)23)19(27)29-30-20(28)14-12-7-1-2-8(4-3-7)13(14)17(25)18(26)16(12)24/h1-6,21-26H. The van der Waals surface area contributed by atoms with Crippen molar-refractivity contribution >= 4 is 11.9 Å². The summed E-state index contributed by atoms with van der Waals surface area (Å²) in [6.07, 6.45) is 0. The Balaban J connectivity index is 1.68. The maximum atomic E-state index is 12.7. The molecule has 6 N–H and O–H groups in total. The lowest BCUT2D eigenvalue weighted by atomic mass is 9.95. The molecule has 0 saturated heterocycles. The highest BCUT2D eigenvalue weighted by Gasteiger charge is 2.33. The summed E-state index contributed by atoms with van der Waals surface area (Å²) in [6.45, 7) is 0. The number of phenolic OH excluding ortho intramolecular Hbond substituents is 6. The van der Waals surface area contributed by atoms with Crippen molar-refractivity contribution in [2.75, 3.05) is 0 Å². The van der Waals surface area contributed by atoms with E-state index >= 15 is 0 Å².